The molecule has 5 heteroatoms. The molecule has 0 heterocycles. The fourth-order valence-corrected chi connectivity index (χ4v) is 3.09. The summed E-state index contributed by atoms with van der Waals surface area (Å²) in [5.41, 5.74) is 2.26. The molecule has 0 saturated heterocycles. The minimum absolute atomic E-state index is 0.0297. The Bertz CT molecular complexity index is 719. The summed E-state index contributed by atoms with van der Waals surface area (Å²) in [5.74, 6) is -0.637. The minimum atomic E-state index is -0.853. The van der Waals surface area contributed by atoms with Crippen LogP contribution in [0.5, 0.6) is 0 Å². The number of hydrogen-bond acceptors (Lipinski definition) is 2. The summed E-state index contributed by atoms with van der Waals surface area (Å²) in [5, 5.41) is 12.0. The van der Waals surface area contributed by atoms with E-state index in [-0.39, 0.29) is 24.4 Å². The number of nitrogens with one attached hydrogen (secondary N) is 1. The van der Waals surface area contributed by atoms with Crippen LogP contribution in [0.2, 0.25) is 0 Å². The van der Waals surface area contributed by atoms with Crippen molar-refractivity contribution in [3.05, 3.63) is 71.8 Å². The highest BCUT2D eigenvalue weighted by molar-refractivity contribution is 5.74. The van der Waals surface area contributed by atoms with E-state index >= 15 is 0 Å². The van der Waals surface area contributed by atoms with Crippen LogP contribution in [0.3, 0.4) is 0 Å². The first kappa shape index (κ1) is 20.5. The molecule has 0 radical (unpaired) electrons. The van der Waals surface area contributed by atoms with E-state index in [1.807, 2.05) is 48.5 Å². The predicted molar refractivity (Wildman–Crippen MR) is 107 cm³/mol. The Kier molecular flexibility index (Phi) is 7.86. The topological polar surface area (TPSA) is 69.6 Å². The Morgan fingerprint density at radius 3 is 2.22 bits per heavy atom. The van der Waals surface area contributed by atoms with E-state index in [1.54, 1.807) is 11.9 Å². The van der Waals surface area contributed by atoms with E-state index in [0.29, 0.717) is 19.4 Å². The zero-order chi connectivity index (χ0) is 19.6. The summed E-state index contributed by atoms with van der Waals surface area (Å²) in [6.07, 6.45) is 1.04. The second-order valence-corrected chi connectivity index (χ2v) is 6.96. The van der Waals surface area contributed by atoms with Crippen LogP contribution < -0.4 is 5.32 Å². The standard InChI is InChI=1S/C22H28N2O3/c1-17(19-11-7-4-8-12-19)16-24(2)22(27)23-20(13-14-21(25)26)15-18-9-5-3-6-10-18/h3-12,17,20H,13-16H2,1-2H3,(H,23,27)(H,25,26). The van der Waals surface area contributed by atoms with E-state index in [2.05, 4.69) is 24.4 Å². The van der Waals surface area contributed by atoms with Gasteiger partial charge in [-0.15, -0.1) is 0 Å². The van der Waals surface area contributed by atoms with Crippen molar-refractivity contribution in [3.63, 3.8) is 0 Å². The Morgan fingerprint density at radius 2 is 1.63 bits per heavy atom. The second kappa shape index (κ2) is 10.4. The summed E-state index contributed by atoms with van der Waals surface area (Å²) in [4.78, 5) is 25.2. The smallest absolute Gasteiger partial charge is 0.317 e. The molecule has 0 saturated carbocycles. The molecular weight excluding hydrogens is 340 g/mol. The number of urea groups is 1. The molecule has 0 fully saturated rings. The fraction of sp³-hybridized carbons (Fsp3) is 0.364. The van der Waals surface area contributed by atoms with Crippen molar-refractivity contribution in [2.45, 2.75) is 38.1 Å². The van der Waals surface area contributed by atoms with Crippen LogP contribution in [0.15, 0.2) is 60.7 Å². The van der Waals surface area contributed by atoms with Crippen molar-refractivity contribution in [1.82, 2.24) is 10.2 Å². The number of aliphatic carboxylic acids is 1. The van der Waals surface area contributed by atoms with Crippen LogP contribution in [-0.4, -0.2) is 41.6 Å². The highest BCUT2D eigenvalue weighted by atomic mass is 16.4. The molecule has 0 aliphatic carbocycles. The third-order valence-electron chi connectivity index (χ3n) is 4.62. The van der Waals surface area contributed by atoms with Crippen molar-refractivity contribution < 1.29 is 14.7 Å². The van der Waals surface area contributed by atoms with Gasteiger partial charge in [-0.05, 0) is 29.9 Å². The van der Waals surface area contributed by atoms with Crippen LogP contribution in [0.25, 0.3) is 0 Å². The van der Waals surface area contributed by atoms with Gasteiger partial charge in [-0.3, -0.25) is 4.79 Å². The van der Waals surface area contributed by atoms with Gasteiger partial charge in [0.2, 0.25) is 0 Å². The third-order valence-corrected chi connectivity index (χ3v) is 4.62. The van der Waals surface area contributed by atoms with Crippen LogP contribution in [-0.2, 0) is 11.2 Å². The predicted octanol–water partition coefficient (Wildman–Crippen LogP) is 3.91. The average Bonchev–Trinajstić information content (AvgIpc) is 2.67. The number of rotatable bonds is 9. The lowest BCUT2D eigenvalue weighted by atomic mass is 10.0. The van der Waals surface area contributed by atoms with Gasteiger partial charge in [0.1, 0.15) is 0 Å². The molecule has 0 aliphatic rings. The number of carbonyl (C=O) groups is 2. The van der Waals surface area contributed by atoms with Crippen LogP contribution in [0.1, 0.15) is 36.8 Å². The van der Waals surface area contributed by atoms with Gasteiger partial charge >= 0.3 is 12.0 Å². The highest BCUT2D eigenvalue weighted by Crippen LogP contribution is 2.16. The van der Waals surface area contributed by atoms with Gasteiger partial charge in [0.05, 0.1) is 0 Å². The third kappa shape index (κ3) is 7.13. The molecule has 2 atom stereocenters. The molecule has 0 spiro atoms. The first-order chi connectivity index (χ1) is 13.0. The summed E-state index contributed by atoms with van der Waals surface area (Å²) in [6, 6.07) is 19.5. The Labute approximate surface area is 161 Å². The van der Waals surface area contributed by atoms with Crippen LogP contribution >= 0.6 is 0 Å². The number of likely N-dealkylation sites (N-methyl/N-ethyl adjacent to an activating group) is 1. The monoisotopic (exact) mass is 368 g/mol. The number of carboxylic acids is 1. The average molecular weight is 368 g/mol. The van der Waals surface area contributed by atoms with Crippen LogP contribution in [0, 0.1) is 0 Å². The summed E-state index contributed by atoms with van der Waals surface area (Å²) in [7, 11) is 1.77. The van der Waals surface area contributed by atoms with Gasteiger partial charge in [-0.1, -0.05) is 67.6 Å². The van der Waals surface area contributed by atoms with Gasteiger partial charge in [0.25, 0.3) is 0 Å². The molecule has 2 aromatic carbocycles. The minimum Gasteiger partial charge on any atom is -0.481 e. The van der Waals surface area contributed by atoms with E-state index < -0.39 is 5.97 Å². The normalized spacial score (nSPS) is 12.8. The lowest BCUT2D eigenvalue weighted by Gasteiger charge is -2.26. The molecular formula is C22H28N2O3. The van der Waals surface area contributed by atoms with E-state index in [1.165, 1.54) is 5.56 Å². The molecule has 0 bridgehead atoms. The number of benzene rings is 2. The molecule has 5 nitrogen and oxygen atoms in total. The number of nitrogens with zero attached hydrogens (tertiary/aromatic N) is 1. The summed E-state index contributed by atoms with van der Waals surface area (Å²) < 4.78 is 0. The number of hydrogen-bond donors (Lipinski definition) is 2. The molecule has 2 aromatic rings. The van der Waals surface area contributed by atoms with Gasteiger partial charge in [-0.2, -0.15) is 0 Å². The van der Waals surface area contributed by atoms with Gasteiger partial charge in [-0.25, -0.2) is 4.79 Å². The first-order valence-electron chi connectivity index (χ1n) is 9.28. The quantitative estimate of drug-likeness (QED) is 0.705. The largest absolute Gasteiger partial charge is 0.481 e. The fourth-order valence-electron chi connectivity index (χ4n) is 3.09. The molecule has 2 amide bonds. The zero-order valence-electron chi connectivity index (χ0n) is 16.0. The molecule has 2 rings (SSSR count). The van der Waals surface area contributed by atoms with E-state index in [4.69, 9.17) is 5.11 Å². The maximum Gasteiger partial charge on any atom is 0.317 e. The lowest BCUT2D eigenvalue weighted by molar-refractivity contribution is -0.137. The van der Waals surface area contributed by atoms with Gasteiger partial charge < -0.3 is 15.3 Å². The molecule has 0 aromatic heterocycles. The Morgan fingerprint density at radius 1 is 1.04 bits per heavy atom. The van der Waals surface area contributed by atoms with Crippen molar-refractivity contribution >= 4 is 12.0 Å². The van der Waals surface area contributed by atoms with Crippen molar-refractivity contribution in [3.8, 4) is 0 Å². The molecule has 144 valence electrons. The summed E-state index contributed by atoms with van der Waals surface area (Å²) >= 11 is 0. The number of amides is 2. The Balaban J connectivity index is 1.95. The van der Waals surface area contributed by atoms with Gasteiger partial charge in [0, 0.05) is 26.1 Å². The molecule has 27 heavy (non-hydrogen) atoms. The Hall–Kier alpha value is -2.82. The maximum absolute atomic E-state index is 12.6. The second-order valence-electron chi connectivity index (χ2n) is 6.96. The highest BCUT2D eigenvalue weighted by Gasteiger charge is 2.19. The zero-order valence-corrected chi connectivity index (χ0v) is 16.0. The SMILES string of the molecule is CC(CN(C)C(=O)NC(CCC(=O)O)Cc1ccccc1)c1ccccc1. The van der Waals surface area contributed by atoms with E-state index in [0.717, 1.165) is 5.56 Å². The van der Waals surface area contributed by atoms with Crippen molar-refractivity contribution in [2.75, 3.05) is 13.6 Å². The molecule has 2 N–H and O–H groups in total. The van der Waals surface area contributed by atoms with Crippen molar-refractivity contribution in [1.29, 1.82) is 0 Å². The number of carbonyl (C=O) groups excluding carboxylic acids is 1. The molecule has 0 aliphatic heterocycles. The summed E-state index contributed by atoms with van der Waals surface area (Å²) in [6.45, 7) is 2.68. The lowest BCUT2D eigenvalue weighted by Crippen LogP contribution is -2.45. The first-order valence-corrected chi connectivity index (χ1v) is 9.28. The van der Waals surface area contributed by atoms with Gasteiger partial charge in [0.15, 0.2) is 0 Å². The van der Waals surface area contributed by atoms with Crippen LogP contribution in [0.4, 0.5) is 4.79 Å². The maximum atomic E-state index is 12.6. The molecule has 2 unspecified atom stereocenters. The number of carboxylic acid groups (broad SMARTS) is 1. The van der Waals surface area contributed by atoms with Crippen molar-refractivity contribution in [2.24, 2.45) is 0 Å². The van der Waals surface area contributed by atoms with E-state index in [9.17, 15) is 9.59 Å².